The molecule has 0 bridgehead atoms. The summed E-state index contributed by atoms with van der Waals surface area (Å²) in [4.78, 5) is 24.2. The molecule has 0 radical (unpaired) electrons. The maximum atomic E-state index is 12.7. The number of hydrogen-bond donors (Lipinski definition) is 2. The lowest BCUT2D eigenvalue weighted by Crippen LogP contribution is -2.23. The van der Waals surface area contributed by atoms with Gasteiger partial charge in [-0.3, -0.25) is 9.36 Å². The van der Waals surface area contributed by atoms with Crippen molar-refractivity contribution in [3.63, 3.8) is 0 Å². The fourth-order valence-electron chi connectivity index (χ4n) is 2.57. The van der Waals surface area contributed by atoms with Gasteiger partial charge in [-0.2, -0.15) is 5.26 Å². The van der Waals surface area contributed by atoms with Crippen LogP contribution < -0.4 is 21.3 Å². The van der Waals surface area contributed by atoms with E-state index in [2.05, 4.69) is 20.3 Å². The number of nitrogens with one attached hydrogen (secondary N) is 1. The highest BCUT2D eigenvalue weighted by molar-refractivity contribution is 5.75. The Morgan fingerprint density at radius 1 is 1.31 bits per heavy atom. The van der Waals surface area contributed by atoms with Crippen molar-refractivity contribution in [2.45, 2.75) is 19.4 Å². The van der Waals surface area contributed by atoms with Gasteiger partial charge in [0.2, 0.25) is 5.95 Å². The van der Waals surface area contributed by atoms with Crippen LogP contribution in [0.1, 0.15) is 12.1 Å². The van der Waals surface area contributed by atoms with Crippen LogP contribution in [0, 0.1) is 11.3 Å². The lowest BCUT2D eigenvalue weighted by molar-refractivity contribution is 0.127. The van der Waals surface area contributed by atoms with E-state index in [0.717, 1.165) is 4.57 Å². The second-order valence-electron chi connectivity index (χ2n) is 5.94. The standard InChI is InChI=1S/C18H17F2N7O2/c19-16(20)10-27-14-9-24-18(26-12(14)2-3-17(27)28)25-11-6-15(29-5-1-4-21)13(7-22)23-8-11/h2-3,6,8-9,16H,1,4-5,10,21H2,(H,24,25,26). The van der Waals surface area contributed by atoms with Crippen LogP contribution in [0.25, 0.3) is 11.0 Å². The minimum absolute atomic E-state index is 0.128. The normalized spacial score (nSPS) is 10.9. The van der Waals surface area contributed by atoms with Crippen molar-refractivity contribution in [1.29, 1.82) is 5.26 Å². The average molecular weight is 401 g/mol. The van der Waals surface area contributed by atoms with Crippen molar-refractivity contribution in [3.8, 4) is 11.8 Å². The van der Waals surface area contributed by atoms with Crippen molar-refractivity contribution in [3.05, 3.63) is 46.6 Å². The molecule has 0 aliphatic rings. The maximum Gasteiger partial charge on any atom is 0.256 e. The molecule has 0 atom stereocenters. The summed E-state index contributed by atoms with van der Waals surface area (Å²) in [6, 6.07) is 6.13. The summed E-state index contributed by atoms with van der Waals surface area (Å²) >= 11 is 0. The van der Waals surface area contributed by atoms with Crippen molar-refractivity contribution in [2.75, 3.05) is 18.5 Å². The molecule has 3 rings (SSSR count). The average Bonchev–Trinajstić information content (AvgIpc) is 2.70. The SMILES string of the molecule is N#Cc1ncc(Nc2ncc3c(ccc(=O)n3CC(F)F)n2)cc1OCCCN. The molecule has 9 nitrogen and oxygen atoms in total. The van der Waals surface area contributed by atoms with E-state index in [1.54, 1.807) is 6.07 Å². The molecular formula is C18H17F2N7O2. The smallest absolute Gasteiger partial charge is 0.256 e. The van der Waals surface area contributed by atoms with E-state index in [-0.39, 0.29) is 22.9 Å². The van der Waals surface area contributed by atoms with Crippen LogP contribution >= 0.6 is 0 Å². The number of rotatable bonds is 8. The quantitative estimate of drug-likeness (QED) is 0.546. The summed E-state index contributed by atoms with van der Waals surface area (Å²) in [7, 11) is 0. The third kappa shape index (κ3) is 4.80. The number of hydrogen-bond acceptors (Lipinski definition) is 8. The molecule has 0 spiro atoms. The van der Waals surface area contributed by atoms with Gasteiger partial charge in [0.25, 0.3) is 12.0 Å². The summed E-state index contributed by atoms with van der Waals surface area (Å²) in [5.74, 6) is 0.455. The minimum atomic E-state index is -2.68. The van der Waals surface area contributed by atoms with Crippen LogP contribution in [0.15, 0.2) is 35.4 Å². The van der Waals surface area contributed by atoms with E-state index in [0.29, 0.717) is 30.8 Å². The van der Waals surface area contributed by atoms with E-state index in [1.807, 2.05) is 6.07 Å². The van der Waals surface area contributed by atoms with Crippen molar-refractivity contribution in [2.24, 2.45) is 5.73 Å². The first kappa shape index (κ1) is 20.1. The zero-order valence-corrected chi connectivity index (χ0v) is 15.2. The molecule has 0 saturated heterocycles. The molecule has 0 aromatic carbocycles. The zero-order chi connectivity index (χ0) is 20.8. The summed E-state index contributed by atoms with van der Waals surface area (Å²) in [5, 5.41) is 12.1. The first-order valence-corrected chi connectivity index (χ1v) is 8.66. The molecule has 0 saturated carbocycles. The monoisotopic (exact) mass is 401 g/mol. The summed E-state index contributed by atoms with van der Waals surface area (Å²) in [6.45, 7) is 0.0502. The topological polar surface area (TPSA) is 132 Å². The predicted molar refractivity (Wildman–Crippen MR) is 101 cm³/mol. The fourth-order valence-corrected chi connectivity index (χ4v) is 2.57. The van der Waals surface area contributed by atoms with Gasteiger partial charge in [-0.15, -0.1) is 0 Å². The van der Waals surface area contributed by atoms with Crippen molar-refractivity contribution in [1.82, 2.24) is 19.5 Å². The molecule has 0 aliphatic carbocycles. The Labute approximate surface area is 163 Å². The molecule has 29 heavy (non-hydrogen) atoms. The van der Waals surface area contributed by atoms with Crippen LogP contribution in [0.4, 0.5) is 20.4 Å². The van der Waals surface area contributed by atoms with Gasteiger partial charge in [0.05, 0.1) is 42.3 Å². The summed E-state index contributed by atoms with van der Waals surface area (Å²) < 4.78 is 31.9. The number of anilines is 2. The third-order valence-corrected chi connectivity index (χ3v) is 3.88. The molecule has 0 aliphatic heterocycles. The number of aromatic nitrogens is 4. The van der Waals surface area contributed by atoms with Crippen LogP contribution in [-0.2, 0) is 6.54 Å². The van der Waals surface area contributed by atoms with Crippen molar-refractivity contribution < 1.29 is 13.5 Å². The van der Waals surface area contributed by atoms with Gasteiger partial charge in [0, 0.05) is 12.1 Å². The van der Waals surface area contributed by atoms with Gasteiger partial charge in [0.15, 0.2) is 11.4 Å². The number of nitrogens with two attached hydrogens (primary N) is 1. The number of halogens is 2. The van der Waals surface area contributed by atoms with Gasteiger partial charge in [-0.25, -0.2) is 23.7 Å². The largest absolute Gasteiger partial charge is 0.490 e. The Morgan fingerprint density at radius 2 is 2.14 bits per heavy atom. The molecule has 3 aromatic rings. The molecule has 0 fully saturated rings. The van der Waals surface area contributed by atoms with Crippen LogP contribution in [0.2, 0.25) is 0 Å². The Morgan fingerprint density at radius 3 is 2.86 bits per heavy atom. The molecular weight excluding hydrogens is 384 g/mol. The van der Waals surface area contributed by atoms with E-state index < -0.39 is 18.5 Å². The van der Waals surface area contributed by atoms with Gasteiger partial charge < -0.3 is 15.8 Å². The Hall–Kier alpha value is -3.65. The van der Waals surface area contributed by atoms with Gasteiger partial charge in [-0.1, -0.05) is 0 Å². The minimum Gasteiger partial charge on any atom is -0.490 e. The highest BCUT2D eigenvalue weighted by Crippen LogP contribution is 2.23. The molecule has 11 heteroatoms. The second kappa shape index (κ2) is 9.03. The number of pyridine rings is 2. The van der Waals surface area contributed by atoms with Crippen LogP contribution in [0.3, 0.4) is 0 Å². The van der Waals surface area contributed by atoms with Crippen LogP contribution in [-0.4, -0.2) is 39.1 Å². The highest BCUT2D eigenvalue weighted by Gasteiger charge is 2.12. The lowest BCUT2D eigenvalue weighted by atomic mass is 10.3. The van der Waals surface area contributed by atoms with Crippen LogP contribution in [0.5, 0.6) is 5.75 Å². The molecule has 3 heterocycles. The summed E-state index contributed by atoms with van der Waals surface area (Å²) in [6.07, 6.45) is 0.652. The zero-order valence-electron chi connectivity index (χ0n) is 15.2. The Bertz CT molecular complexity index is 1110. The maximum absolute atomic E-state index is 12.7. The molecule has 0 amide bonds. The number of nitrogens with zero attached hydrogens (tertiary/aromatic N) is 5. The summed E-state index contributed by atoms with van der Waals surface area (Å²) in [5.41, 5.74) is 5.99. The molecule has 150 valence electrons. The second-order valence-corrected chi connectivity index (χ2v) is 5.94. The van der Waals surface area contributed by atoms with E-state index >= 15 is 0 Å². The van der Waals surface area contributed by atoms with Gasteiger partial charge >= 0.3 is 0 Å². The third-order valence-electron chi connectivity index (χ3n) is 3.88. The van der Waals surface area contributed by atoms with Gasteiger partial charge in [-0.05, 0) is 19.0 Å². The molecule has 3 aromatic heterocycles. The highest BCUT2D eigenvalue weighted by atomic mass is 19.3. The van der Waals surface area contributed by atoms with Gasteiger partial charge in [0.1, 0.15) is 6.07 Å². The molecule has 0 unspecified atom stereocenters. The first-order chi connectivity index (χ1) is 14.0. The van der Waals surface area contributed by atoms with Crippen molar-refractivity contribution >= 4 is 22.7 Å². The number of ether oxygens (including phenoxy) is 1. The van der Waals surface area contributed by atoms with E-state index in [1.165, 1.54) is 24.5 Å². The Balaban J connectivity index is 1.88. The van der Waals surface area contributed by atoms with E-state index in [4.69, 9.17) is 15.7 Å². The predicted octanol–water partition coefficient (Wildman–Crippen LogP) is 1.79. The number of fused-ring (bicyclic) bond motifs is 1. The van der Waals surface area contributed by atoms with E-state index in [9.17, 15) is 13.6 Å². The number of alkyl halides is 2. The fraction of sp³-hybridized carbons (Fsp3) is 0.278. The first-order valence-electron chi connectivity index (χ1n) is 8.66. The molecule has 3 N–H and O–H groups in total. The number of nitriles is 1. The lowest BCUT2D eigenvalue weighted by Gasteiger charge is -2.11. The Kier molecular flexibility index (Phi) is 6.25.